The van der Waals surface area contributed by atoms with Gasteiger partial charge >= 0.3 is 0 Å². The van der Waals surface area contributed by atoms with Crippen molar-refractivity contribution in [3.05, 3.63) is 54.1 Å². The molecule has 0 radical (unpaired) electrons. The normalized spacial score (nSPS) is 15.4. The first-order valence-electron chi connectivity index (χ1n) is 9.96. The van der Waals surface area contributed by atoms with Crippen molar-refractivity contribution in [3.63, 3.8) is 0 Å². The number of anilines is 1. The van der Waals surface area contributed by atoms with Crippen molar-refractivity contribution in [1.29, 1.82) is 0 Å². The molecule has 0 spiro atoms. The zero-order valence-corrected chi connectivity index (χ0v) is 17.7. The van der Waals surface area contributed by atoms with Crippen LogP contribution in [0.5, 0.6) is 5.75 Å². The molecule has 0 aliphatic heterocycles. The summed E-state index contributed by atoms with van der Waals surface area (Å²) in [6.07, 6.45) is 6.81. The van der Waals surface area contributed by atoms with Crippen LogP contribution in [0.2, 0.25) is 0 Å². The van der Waals surface area contributed by atoms with E-state index in [-0.39, 0.29) is 16.8 Å². The minimum Gasteiger partial charge on any atom is -0.497 e. The van der Waals surface area contributed by atoms with E-state index in [9.17, 15) is 13.2 Å². The van der Waals surface area contributed by atoms with E-state index in [1.165, 1.54) is 43.4 Å². The number of rotatable bonds is 6. The lowest BCUT2D eigenvalue weighted by Crippen LogP contribution is -2.34. The number of nitrogens with zero attached hydrogens (tertiary/aromatic N) is 1. The van der Waals surface area contributed by atoms with Crippen LogP contribution in [0.25, 0.3) is 0 Å². The fourth-order valence-electron chi connectivity index (χ4n) is 3.56. The lowest BCUT2D eigenvalue weighted by molar-refractivity contribution is 0.0933. The third-order valence-corrected chi connectivity index (χ3v) is 7.20. The van der Waals surface area contributed by atoms with E-state index >= 15 is 0 Å². The molecule has 2 aromatic carbocycles. The molecule has 0 unspecified atom stereocenters. The first kappa shape index (κ1) is 21.2. The van der Waals surface area contributed by atoms with Crippen LogP contribution in [0, 0.1) is 0 Å². The Morgan fingerprint density at radius 3 is 2.10 bits per heavy atom. The van der Waals surface area contributed by atoms with Gasteiger partial charge in [-0.2, -0.15) is 0 Å². The van der Waals surface area contributed by atoms with Gasteiger partial charge in [-0.05, 0) is 61.4 Å². The lowest BCUT2D eigenvalue weighted by atomic mass is 10.1. The van der Waals surface area contributed by atoms with E-state index in [0.29, 0.717) is 17.0 Å². The summed E-state index contributed by atoms with van der Waals surface area (Å²) in [5.74, 6) is 0.486. The van der Waals surface area contributed by atoms with Gasteiger partial charge in [0, 0.05) is 18.7 Å². The monoisotopic (exact) mass is 416 g/mol. The largest absolute Gasteiger partial charge is 0.497 e. The maximum Gasteiger partial charge on any atom is 0.264 e. The lowest BCUT2D eigenvalue weighted by Gasteiger charge is -2.20. The predicted molar refractivity (Wildman–Crippen MR) is 114 cm³/mol. The molecule has 156 valence electrons. The van der Waals surface area contributed by atoms with Crippen molar-refractivity contribution in [2.45, 2.75) is 49.5 Å². The molecular formula is C22H28N2O4S. The summed E-state index contributed by atoms with van der Waals surface area (Å²) in [6.45, 7) is 0. The van der Waals surface area contributed by atoms with E-state index in [4.69, 9.17) is 4.74 Å². The minimum absolute atomic E-state index is 0.107. The number of nitrogens with one attached hydrogen (secondary N) is 1. The van der Waals surface area contributed by atoms with Gasteiger partial charge in [-0.25, -0.2) is 8.42 Å². The number of sulfonamides is 1. The number of ether oxygens (including phenoxy) is 1. The zero-order valence-electron chi connectivity index (χ0n) is 16.9. The highest BCUT2D eigenvalue weighted by Crippen LogP contribution is 2.24. The Hall–Kier alpha value is -2.54. The van der Waals surface area contributed by atoms with Crippen molar-refractivity contribution in [1.82, 2.24) is 5.32 Å². The Labute approximate surface area is 172 Å². The highest BCUT2D eigenvalue weighted by atomic mass is 32.2. The van der Waals surface area contributed by atoms with Crippen molar-refractivity contribution in [2.24, 2.45) is 0 Å². The Bertz CT molecular complexity index is 916. The Morgan fingerprint density at radius 2 is 1.55 bits per heavy atom. The standard InChI is InChI=1S/C22H28N2O4S/c1-24(29(26,27)21-15-13-20(28-2)14-16-21)19-11-9-17(10-12-19)22(25)23-18-7-5-3-4-6-8-18/h9-16,18H,3-8H2,1-2H3,(H,23,25). The third kappa shape index (κ3) is 5.09. The van der Waals surface area contributed by atoms with Crippen LogP contribution in [0.1, 0.15) is 48.9 Å². The molecule has 1 fully saturated rings. The molecule has 1 aliphatic carbocycles. The molecule has 1 N–H and O–H groups in total. The summed E-state index contributed by atoms with van der Waals surface area (Å²) in [7, 11) is -0.669. The average molecular weight is 417 g/mol. The van der Waals surface area contributed by atoms with Crippen LogP contribution in [-0.2, 0) is 10.0 Å². The van der Waals surface area contributed by atoms with Crippen LogP contribution in [-0.4, -0.2) is 34.5 Å². The molecule has 1 saturated carbocycles. The summed E-state index contributed by atoms with van der Waals surface area (Å²) >= 11 is 0. The molecule has 0 bridgehead atoms. The number of carbonyl (C=O) groups excluding carboxylic acids is 1. The fourth-order valence-corrected chi connectivity index (χ4v) is 4.76. The molecule has 0 atom stereocenters. The van der Waals surface area contributed by atoms with E-state index in [1.807, 2.05) is 0 Å². The molecule has 6 nitrogen and oxygen atoms in total. The van der Waals surface area contributed by atoms with Crippen LogP contribution in [0.3, 0.4) is 0 Å². The molecule has 1 amide bonds. The Kier molecular flexibility index (Phi) is 6.79. The van der Waals surface area contributed by atoms with Gasteiger partial charge in [-0.3, -0.25) is 9.10 Å². The van der Waals surface area contributed by atoms with Gasteiger partial charge in [0.1, 0.15) is 5.75 Å². The molecule has 0 saturated heterocycles. The average Bonchev–Trinajstić information content (AvgIpc) is 3.02. The molecule has 3 rings (SSSR count). The van der Waals surface area contributed by atoms with Gasteiger partial charge in [0.15, 0.2) is 0 Å². The zero-order chi connectivity index (χ0) is 20.9. The molecular weight excluding hydrogens is 388 g/mol. The van der Waals surface area contributed by atoms with Crippen LogP contribution >= 0.6 is 0 Å². The summed E-state index contributed by atoms with van der Waals surface area (Å²) in [5, 5.41) is 3.11. The van der Waals surface area contributed by atoms with Crippen molar-refractivity contribution in [3.8, 4) is 5.75 Å². The number of benzene rings is 2. The third-order valence-electron chi connectivity index (χ3n) is 5.40. The topological polar surface area (TPSA) is 75.7 Å². The molecule has 0 aromatic heterocycles. The molecule has 0 heterocycles. The maximum atomic E-state index is 12.9. The Morgan fingerprint density at radius 1 is 0.966 bits per heavy atom. The van der Waals surface area contributed by atoms with E-state index in [2.05, 4.69) is 5.32 Å². The maximum absolute atomic E-state index is 12.9. The van der Waals surface area contributed by atoms with Crippen molar-refractivity contribution < 1.29 is 17.9 Å². The van der Waals surface area contributed by atoms with E-state index < -0.39 is 10.0 Å². The highest BCUT2D eigenvalue weighted by molar-refractivity contribution is 7.92. The second kappa shape index (κ2) is 9.31. The summed E-state index contributed by atoms with van der Waals surface area (Å²) < 4.78 is 32.0. The second-order valence-corrected chi connectivity index (χ2v) is 9.33. The SMILES string of the molecule is COc1ccc(S(=O)(=O)N(C)c2ccc(C(=O)NC3CCCCCC3)cc2)cc1. The van der Waals surface area contributed by atoms with Gasteiger partial charge < -0.3 is 10.1 Å². The summed E-state index contributed by atoms with van der Waals surface area (Å²) in [4.78, 5) is 12.7. The van der Waals surface area contributed by atoms with Crippen LogP contribution in [0.15, 0.2) is 53.4 Å². The second-order valence-electron chi connectivity index (χ2n) is 7.36. The van der Waals surface area contributed by atoms with Crippen LogP contribution < -0.4 is 14.4 Å². The van der Waals surface area contributed by atoms with Gasteiger partial charge in [0.05, 0.1) is 17.7 Å². The Balaban J connectivity index is 1.70. The van der Waals surface area contributed by atoms with Gasteiger partial charge in [0.2, 0.25) is 0 Å². The van der Waals surface area contributed by atoms with Crippen LogP contribution in [0.4, 0.5) is 5.69 Å². The minimum atomic E-state index is -3.70. The van der Waals surface area contributed by atoms with Gasteiger partial charge in [-0.15, -0.1) is 0 Å². The highest BCUT2D eigenvalue weighted by Gasteiger charge is 2.22. The fraction of sp³-hybridized carbons (Fsp3) is 0.409. The van der Waals surface area contributed by atoms with Crippen molar-refractivity contribution >= 4 is 21.6 Å². The number of methoxy groups -OCH3 is 1. The number of carbonyl (C=O) groups is 1. The van der Waals surface area contributed by atoms with E-state index in [0.717, 1.165) is 25.7 Å². The first-order chi connectivity index (χ1) is 13.9. The number of amides is 1. The quantitative estimate of drug-likeness (QED) is 0.723. The molecule has 2 aromatic rings. The van der Waals surface area contributed by atoms with Gasteiger partial charge in [-0.1, -0.05) is 25.7 Å². The number of hydrogen-bond donors (Lipinski definition) is 1. The summed E-state index contributed by atoms with van der Waals surface area (Å²) in [6, 6.07) is 13.1. The predicted octanol–water partition coefficient (Wildman–Crippen LogP) is 3.97. The molecule has 7 heteroatoms. The van der Waals surface area contributed by atoms with Gasteiger partial charge in [0.25, 0.3) is 15.9 Å². The first-order valence-corrected chi connectivity index (χ1v) is 11.4. The smallest absolute Gasteiger partial charge is 0.264 e. The summed E-state index contributed by atoms with van der Waals surface area (Å²) in [5.41, 5.74) is 1.03. The van der Waals surface area contributed by atoms with Crippen molar-refractivity contribution in [2.75, 3.05) is 18.5 Å². The molecule has 29 heavy (non-hydrogen) atoms. The number of hydrogen-bond acceptors (Lipinski definition) is 4. The molecule has 1 aliphatic rings. The van der Waals surface area contributed by atoms with E-state index in [1.54, 1.807) is 36.4 Å².